The number of hydrogen-bond donors (Lipinski definition) is 1. The van der Waals surface area contributed by atoms with Crippen LogP contribution in [0, 0.1) is 5.82 Å². The predicted molar refractivity (Wildman–Crippen MR) is 82.1 cm³/mol. The molecular weight excluding hydrogens is 319 g/mol. The molecule has 1 nitrogen and oxygen atoms in total. The third kappa shape index (κ3) is 2.32. The summed E-state index contributed by atoms with van der Waals surface area (Å²) < 4.78 is 15.0. The fraction of sp³-hybridized carbons (Fsp3) is 0.176. The van der Waals surface area contributed by atoms with Crippen LogP contribution < -0.4 is 0 Å². The summed E-state index contributed by atoms with van der Waals surface area (Å²) in [6, 6.07) is 12.9. The number of halogens is 2. The largest absolute Gasteiger partial charge is 0.392 e. The molecule has 0 aliphatic heterocycles. The minimum absolute atomic E-state index is 0.000926. The molecule has 1 N–H and O–H groups in total. The zero-order valence-electron chi connectivity index (χ0n) is 10.8. The molecular formula is C17H14BrFO. The molecule has 1 aliphatic carbocycles. The Kier molecular flexibility index (Phi) is 3.72. The van der Waals surface area contributed by atoms with Gasteiger partial charge in [0.05, 0.1) is 6.61 Å². The van der Waals surface area contributed by atoms with Crippen LogP contribution in [0.4, 0.5) is 4.39 Å². The first kappa shape index (κ1) is 13.5. The second-order valence-corrected chi connectivity index (χ2v) is 5.84. The van der Waals surface area contributed by atoms with Gasteiger partial charge in [-0.2, -0.15) is 0 Å². The van der Waals surface area contributed by atoms with Crippen LogP contribution in [-0.2, 0) is 0 Å². The average Bonchev–Trinajstić information content (AvgIpc) is 2.47. The Morgan fingerprint density at radius 3 is 2.70 bits per heavy atom. The monoisotopic (exact) mass is 332 g/mol. The maximum atomic E-state index is 14.1. The van der Waals surface area contributed by atoms with Crippen LogP contribution in [0.15, 0.2) is 53.0 Å². The number of allylic oxidation sites excluding steroid dienone is 1. The predicted octanol–water partition coefficient (Wildman–Crippen LogP) is 4.50. The fourth-order valence-electron chi connectivity index (χ4n) is 2.81. The molecule has 0 radical (unpaired) electrons. The van der Waals surface area contributed by atoms with Crippen LogP contribution in [-0.4, -0.2) is 11.7 Å². The van der Waals surface area contributed by atoms with E-state index < -0.39 is 0 Å². The van der Waals surface area contributed by atoms with E-state index >= 15 is 0 Å². The van der Waals surface area contributed by atoms with E-state index in [1.807, 2.05) is 36.4 Å². The highest BCUT2D eigenvalue weighted by Crippen LogP contribution is 2.40. The quantitative estimate of drug-likeness (QED) is 0.858. The van der Waals surface area contributed by atoms with Gasteiger partial charge in [-0.25, -0.2) is 4.39 Å². The van der Waals surface area contributed by atoms with Gasteiger partial charge in [-0.3, -0.25) is 0 Å². The molecule has 0 bridgehead atoms. The SMILES string of the molecule is OCC1=CCC(c2ccccc2F)c2cc(Br)ccc21. The molecule has 1 atom stereocenters. The minimum Gasteiger partial charge on any atom is -0.392 e. The highest BCUT2D eigenvalue weighted by molar-refractivity contribution is 9.10. The number of hydrogen-bond acceptors (Lipinski definition) is 1. The van der Waals surface area contributed by atoms with Gasteiger partial charge in [-0.05, 0) is 46.9 Å². The fourth-order valence-corrected chi connectivity index (χ4v) is 3.19. The van der Waals surface area contributed by atoms with Gasteiger partial charge in [0, 0.05) is 10.4 Å². The van der Waals surface area contributed by atoms with Gasteiger partial charge < -0.3 is 5.11 Å². The van der Waals surface area contributed by atoms with E-state index in [2.05, 4.69) is 15.9 Å². The molecule has 3 rings (SSSR count). The maximum absolute atomic E-state index is 14.1. The van der Waals surface area contributed by atoms with Gasteiger partial charge >= 0.3 is 0 Å². The summed E-state index contributed by atoms with van der Waals surface area (Å²) in [4.78, 5) is 0. The van der Waals surface area contributed by atoms with Crippen LogP contribution in [0.1, 0.15) is 29.0 Å². The molecule has 0 amide bonds. The van der Waals surface area contributed by atoms with Crippen molar-refractivity contribution in [3.8, 4) is 0 Å². The van der Waals surface area contributed by atoms with Crippen molar-refractivity contribution in [3.63, 3.8) is 0 Å². The highest BCUT2D eigenvalue weighted by atomic mass is 79.9. The first-order valence-electron chi connectivity index (χ1n) is 6.55. The highest BCUT2D eigenvalue weighted by Gasteiger charge is 2.24. The Morgan fingerprint density at radius 2 is 1.95 bits per heavy atom. The zero-order valence-corrected chi connectivity index (χ0v) is 12.4. The summed E-state index contributed by atoms with van der Waals surface area (Å²) in [5, 5.41) is 9.46. The summed E-state index contributed by atoms with van der Waals surface area (Å²) in [7, 11) is 0. The molecule has 2 aromatic rings. The van der Waals surface area contributed by atoms with Crippen LogP contribution >= 0.6 is 15.9 Å². The van der Waals surface area contributed by atoms with E-state index in [4.69, 9.17) is 0 Å². The van der Waals surface area contributed by atoms with Gasteiger partial charge in [0.25, 0.3) is 0 Å². The maximum Gasteiger partial charge on any atom is 0.127 e. The summed E-state index contributed by atoms with van der Waals surface area (Å²) in [5.41, 5.74) is 3.70. The average molecular weight is 333 g/mol. The number of aliphatic hydroxyl groups excluding tert-OH is 1. The lowest BCUT2D eigenvalue weighted by atomic mass is 9.79. The van der Waals surface area contributed by atoms with E-state index in [0.717, 1.165) is 21.2 Å². The van der Waals surface area contributed by atoms with Crippen molar-refractivity contribution in [2.45, 2.75) is 12.3 Å². The van der Waals surface area contributed by atoms with Crippen molar-refractivity contribution in [2.24, 2.45) is 0 Å². The van der Waals surface area contributed by atoms with Gasteiger partial charge in [-0.1, -0.05) is 46.3 Å². The first-order valence-corrected chi connectivity index (χ1v) is 7.34. The molecule has 1 unspecified atom stereocenters. The van der Waals surface area contributed by atoms with Crippen molar-refractivity contribution in [2.75, 3.05) is 6.61 Å². The van der Waals surface area contributed by atoms with E-state index in [9.17, 15) is 9.50 Å². The smallest absolute Gasteiger partial charge is 0.127 e. The van der Waals surface area contributed by atoms with Gasteiger partial charge in [0.2, 0.25) is 0 Å². The Hall–Kier alpha value is -1.45. The molecule has 3 heteroatoms. The molecule has 0 spiro atoms. The normalized spacial score (nSPS) is 17.6. The number of rotatable bonds is 2. The molecule has 0 fully saturated rings. The molecule has 102 valence electrons. The van der Waals surface area contributed by atoms with Crippen molar-refractivity contribution in [3.05, 3.63) is 75.5 Å². The van der Waals surface area contributed by atoms with Crippen molar-refractivity contribution in [1.29, 1.82) is 0 Å². The molecule has 2 aromatic carbocycles. The second-order valence-electron chi connectivity index (χ2n) is 4.93. The lowest BCUT2D eigenvalue weighted by Gasteiger charge is -2.26. The Balaban J connectivity index is 2.15. The van der Waals surface area contributed by atoms with Crippen molar-refractivity contribution in [1.82, 2.24) is 0 Å². The van der Waals surface area contributed by atoms with Gasteiger partial charge in [0.1, 0.15) is 5.82 Å². The summed E-state index contributed by atoms with van der Waals surface area (Å²) in [6.07, 6.45) is 2.72. The number of fused-ring (bicyclic) bond motifs is 1. The van der Waals surface area contributed by atoms with Crippen LogP contribution in [0.2, 0.25) is 0 Å². The molecule has 0 heterocycles. The lowest BCUT2D eigenvalue weighted by Crippen LogP contribution is -2.11. The molecule has 20 heavy (non-hydrogen) atoms. The Bertz CT molecular complexity index is 678. The molecule has 0 saturated carbocycles. The van der Waals surface area contributed by atoms with Gasteiger partial charge in [0.15, 0.2) is 0 Å². The Morgan fingerprint density at radius 1 is 1.15 bits per heavy atom. The van der Waals surface area contributed by atoms with Crippen molar-refractivity contribution >= 4 is 21.5 Å². The Labute approximate surface area is 125 Å². The number of aliphatic hydroxyl groups is 1. The van der Waals surface area contributed by atoms with E-state index in [1.54, 1.807) is 6.07 Å². The molecule has 0 saturated heterocycles. The summed E-state index contributed by atoms with van der Waals surface area (Å²) in [5.74, 6) is -0.178. The first-order chi connectivity index (χ1) is 9.70. The standard InChI is InChI=1S/C17H14BrFO/c18-12-6-8-13-11(10-20)5-7-14(16(13)9-12)15-3-1-2-4-17(15)19/h1-6,8-9,14,20H,7,10H2. The lowest BCUT2D eigenvalue weighted by molar-refractivity contribution is 0.349. The van der Waals surface area contributed by atoms with Crippen LogP contribution in [0.5, 0.6) is 0 Å². The summed E-state index contributed by atoms with van der Waals surface area (Å²) in [6.45, 7) is 0.0125. The second kappa shape index (κ2) is 5.51. The molecule has 1 aliphatic rings. The molecule has 0 aromatic heterocycles. The zero-order chi connectivity index (χ0) is 14.1. The minimum atomic E-state index is -0.177. The van der Waals surface area contributed by atoms with E-state index in [0.29, 0.717) is 12.0 Å². The topological polar surface area (TPSA) is 20.2 Å². The summed E-state index contributed by atoms with van der Waals surface area (Å²) >= 11 is 3.48. The van der Waals surface area contributed by atoms with E-state index in [-0.39, 0.29) is 18.3 Å². The van der Waals surface area contributed by atoms with E-state index in [1.165, 1.54) is 6.07 Å². The third-order valence-corrected chi connectivity index (χ3v) is 4.28. The third-order valence-electron chi connectivity index (χ3n) is 3.79. The van der Waals surface area contributed by atoms with Crippen LogP contribution in [0.25, 0.3) is 5.57 Å². The van der Waals surface area contributed by atoms with Crippen molar-refractivity contribution < 1.29 is 9.50 Å². The number of benzene rings is 2. The van der Waals surface area contributed by atoms with Gasteiger partial charge in [-0.15, -0.1) is 0 Å². The van der Waals surface area contributed by atoms with Crippen LogP contribution in [0.3, 0.4) is 0 Å².